The van der Waals surface area contributed by atoms with Crippen molar-refractivity contribution < 1.29 is 4.79 Å². The first-order valence-corrected chi connectivity index (χ1v) is 10.3. The quantitative estimate of drug-likeness (QED) is 0.705. The third-order valence-electron chi connectivity index (χ3n) is 5.05. The Morgan fingerprint density at radius 3 is 2.44 bits per heavy atom. The van der Waals surface area contributed by atoms with Crippen LogP contribution in [0.3, 0.4) is 0 Å². The highest BCUT2D eigenvalue weighted by atomic mass is 32.1. The van der Waals surface area contributed by atoms with E-state index in [1.54, 1.807) is 0 Å². The van der Waals surface area contributed by atoms with Crippen LogP contribution in [0.25, 0.3) is 10.2 Å². The zero-order valence-corrected chi connectivity index (χ0v) is 16.8. The number of aryl methyl sites for hydroxylation is 3. The third kappa shape index (κ3) is 3.54. The summed E-state index contributed by atoms with van der Waals surface area (Å²) in [6.45, 7) is 8.01. The lowest BCUT2D eigenvalue weighted by Crippen LogP contribution is -2.30. The number of benzene rings is 1. The molecule has 140 valence electrons. The normalized spacial score (nSPS) is 14.6. The minimum Gasteiger partial charge on any atom is -0.356 e. The molecule has 0 saturated carbocycles. The molecule has 0 radical (unpaired) electrons. The minimum absolute atomic E-state index is 0.0819. The van der Waals surface area contributed by atoms with E-state index in [1.807, 2.05) is 45.0 Å². The molecular formula is C21H24N4OS. The number of aromatic nitrogens is 2. The van der Waals surface area contributed by atoms with Crippen molar-refractivity contribution in [2.75, 3.05) is 23.3 Å². The fourth-order valence-electron chi connectivity index (χ4n) is 3.60. The lowest BCUT2D eigenvalue weighted by atomic mass is 10.1. The number of anilines is 2. The van der Waals surface area contributed by atoms with Crippen molar-refractivity contribution in [2.45, 2.75) is 40.0 Å². The van der Waals surface area contributed by atoms with Crippen LogP contribution in [0.4, 0.5) is 11.5 Å². The fourth-order valence-corrected chi connectivity index (χ4v) is 4.71. The van der Waals surface area contributed by atoms with Gasteiger partial charge in [0.1, 0.15) is 16.5 Å². The first kappa shape index (κ1) is 17.9. The summed E-state index contributed by atoms with van der Waals surface area (Å²) in [6, 6.07) is 7.85. The van der Waals surface area contributed by atoms with Gasteiger partial charge in [0.05, 0.1) is 10.3 Å². The van der Waals surface area contributed by atoms with Gasteiger partial charge < -0.3 is 10.2 Å². The van der Waals surface area contributed by atoms with Crippen molar-refractivity contribution in [3.05, 3.63) is 46.1 Å². The molecular weight excluding hydrogens is 356 g/mol. The Morgan fingerprint density at radius 2 is 1.74 bits per heavy atom. The molecule has 2 aromatic heterocycles. The van der Waals surface area contributed by atoms with Crippen molar-refractivity contribution >= 4 is 39.0 Å². The number of nitrogens with one attached hydrogen (secondary N) is 1. The number of hydrogen-bond donors (Lipinski definition) is 1. The van der Waals surface area contributed by atoms with Crippen molar-refractivity contribution in [1.29, 1.82) is 0 Å². The highest BCUT2D eigenvalue weighted by molar-refractivity contribution is 7.20. The molecule has 27 heavy (non-hydrogen) atoms. The van der Waals surface area contributed by atoms with Crippen LogP contribution in [0.15, 0.2) is 24.3 Å². The number of piperidine rings is 1. The molecule has 0 bridgehead atoms. The van der Waals surface area contributed by atoms with Gasteiger partial charge in [-0.25, -0.2) is 9.97 Å². The van der Waals surface area contributed by atoms with Crippen LogP contribution in [0, 0.1) is 20.8 Å². The third-order valence-corrected chi connectivity index (χ3v) is 6.24. The van der Waals surface area contributed by atoms with Gasteiger partial charge in [0.25, 0.3) is 5.91 Å². The number of carbonyl (C=O) groups excluding carboxylic acids is 1. The monoisotopic (exact) mass is 380 g/mol. The maximum Gasteiger partial charge on any atom is 0.266 e. The molecule has 1 aliphatic heterocycles. The molecule has 1 amide bonds. The molecule has 6 heteroatoms. The van der Waals surface area contributed by atoms with E-state index in [0.29, 0.717) is 4.88 Å². The van der Waals surface area contributed by atoms with E-state index in [0.717, 1.165) is 46.2 Å². The van der Waals surface area contributed by atoms with Crippen LogP contribution >= 0.6 is 11.3 Å². The molecule has 3 heterocycles. The van der Waals surface area contributed by atoms with Crippen molar-refractivity contribution in [3.8, 4) is 0 Å². The van der Waals surface area contributed by atoms with Crippen LogP contribution in [0.2, 0.25) is 0 Å². The van der Waals surface area contributed by atoms with E-state index in [4.69, 9.17) is 4.98 Å². The second-order valence-corrected chi connectivity index (χ2v) is 8.20. The predicted octanol–water partition coefficient (Wildman–Crippen LogP) is 4.86. The number of hydrogen-bond acceptors (Lipinski definition) is 5. The maximum absolute atomic E-state index is 12.9. The van der Waals surface area contributed by atoms with E-state index in [9.17, 15) is 4.79 Å². The first-order valence-electron chi connectivity index (χ1n) is 9.43. The smallest absolute Gasteiger partial charge is 0.266 e. The maximum atomic E-state index is 12.9. The number of rotatable bonds is 3. The van der Waals surface area contributed by atoms with Crippen LogP contribution in [-0.2, 0) is 0 Å². The molecule has 0 atom stereocenters. The molecule has 0 spiro atoms. The topological polar surface area (TPSA) is 58.1 Å². The molecule has 1 N–H and O–H groups in total. The standard InChI is InChI=1S/C21H24N4OS/c1-13-7-9-16(10-8-13)24-20(26)18-14(2)17-19(25-11-5-4-6-12-25)22-15(3)23-21(17)27-18/h7-10H,4-6,11-12H2,1-3H3,(H,24,26). The summed E-state index contributed by atoms with van der Waals surface area (Å²) in [5.41, 5.74) is 2.95. The highest BCUT2D eigenvalue weighted by Crippen LogP contribution is 2.36. The zero-order chi connectivity index (χ0) is 19.0. The van der Waals surface area contributed by atoms with Gasteiger partial charge >= 0.3 is 0 Å². The Labute approximate surface area is 163 Å². The van der Waals surface area contributed by atoms with E-state index in [2.05, 4.69) is 15.2 Å². The van der Waals surface area contributed by atoms with Gasteiger partial charge in [-0.1, -0.05) is 17.7 Å². The van der Waals surface area contributed by atoms with E-state index in [1.165, 1.54) is 36.2 Å². The molecule has 0 unspecified atom stereocenters. The van der Waals surface area contributed by atoms with Gasteiger partial charge in [-0.3, -0.25) is 4.79 Å². The van der Waals surface area contributed by atoms with Crippen LogP contribution < -0.4 is 10.2 Å². The molecule has 4 rings (SSSR count). The van der Waals surface area contributed by atoms with Crippen LogP contribution in [0.5, 0.6) is 0 Å². The van der Waals surface area contributed by atoms with Gasteiger partial charge in [0, 0.05) is 18.8 Å². The Hall–Kier alpha value is -2.47. The number of thiophene rings is 1. The van der Waals surface area contributed by atoms with Crippen molar-refractivity contribution in [2.24, 2.45) is 0 Å². The summed E-state index contributed by atoms with van der Waals surface area (Å²) >= 11 is 1.46. The van der Waals surface area contributed by atoms with Gasteiger partial charge in [0.15, 0.2) is 0 Å². The summed E-state index contributed by atoms with van der Waals surface area (Å²) in [6.07, 6.45) is 3.65. The average Bonchev–Trinajstić information content (AvgIpc) is 3.00. The number of amides is 1. The Kier molecular flexibility index (Phi) is 4.83. The molecule has 1 aliphatic rings. The lowest BCUT2D eigenvalue weighted by molar-refractivity contribution is 0.103. The largest absolute Gasteiger partial charge is 0.356 e. The molecule has 1 saturated heterocycles. The van der Waals surface area contributed by atoms with Crippen molar-refractivity contribution in [1.82, 2.24) is 9.97 Å². The molecule has 5 nitrogen and oxygen atoms in total. The first-order chi connectivity index (χ1) is 13.0. The second kappa shape index (κ2) is 7.27. The van der Waals surface area contributed by atoms with Gasteiger partial charge in [-0.2, -0.15) is 0 Å². The van der Waals surface area contributed by atoms with Crippen LogP contribution in [-0.4, -0.2) is 29.0 Å². The summed E-state index contributed by atoms with van der Waals surface area (Å²) in [4.78, 5) is 26.2. The SMILES string of the molecule is Cc1ccc(NC(=O)c2sc3nc(C)nc(N4CCCCC4)c3c2C)cc1. The minimum atomic E-state index is -0.0819. The van der Waals surface area contributed by atoms with E-state index < -0.39 is 0 Å². The Morgan fingerprint density at radius 1 is 1.04 bits per heavy atom. The number of carbonyl (C=O) groups is 1. The fraction of sp³-hybridized carbons (Fsp3) is 0.381. The second-order valence-electron chi connectivity index (χ2n) is 7.20. The van der Waals surface area contributed by atoms with Crippen molar-refractivity contribution in [3.63, 3.8) is 0 Å². The summed E-state index contributed by atoms with van der Waals surface area (Å²) < 4.78 is 0. The van der Waals surface area contributed by atoms with Gasteiger partial charge in [-0.15, -0.1) is 11.3 Å². The van der Waals surface area contributed by atoms with Crippen LogP contribution in [0.1, 0.15) is 45.9 Å². The summed E-state index contributed by atoms with van der Waals surface area (Å²) in [5.74, 6) is 1.66. The Bertz CT molecular complexity index is 988. The van der Waals surface area contributed by atoms with E-state index >= 15 is 0 Å². The zero-order valence-electron chi connectivity index (χ0n) is 16.0. The summed E-state index contributed by atoms with van der Waals surface area (Å²) in [7, 11) is 0. The Balaban J connectivity index is 1.72. The molecule has 1 aromatic carbocycles. The number of fused-ring (bicyclic) bond motifs is 1. The lowest BCUT2D eigenvalue weighted by Gasteiger charge is -2.28. The summed E-state index contributed by atoms with van der Waals surface area (Å²) in [5, 5.41) is 4.04. The predicted molar refractivity (Wildman–Crippen MR) is 112 cm³/mol. The van der Waals surface area contributed by atoms with E-state index in [-0.39, 0.29) is 5.91 Å². The van der Waals surface area contributed by atoms with Gasteiger partial charge in [-0.05, 0) is 57.7 Å². The molecule has 3 aromatic rings. The highest BCUT2D eigenvalue weighted by Gasteiger charge is 2.23. The van der Waals surface area contributed by atoms with Gasteiger partial charge in [0.2, 0.25) is 0 Å². The average molecular weight is 381 g/mol. The molecule has 1 fully saturated rings. The number of nitrogens with zero attached hydrogens (tertiary/aromatic N) is 3. The molecule has 0 aliphatic carbocycles.